The summed E-state index contributed by atoms with van der Waals surface area (Å²) in [7, 11) is 0. The summed E-state index contributed by atoms with van der Waals surface area (Å²) < 4.78 is 45.0. The lowest BCUT2D eigenvalue weighted by molar-refractivity contribution is -0.192. The third-order valence-corrected chi connectivity index (χ3v) is 4.94. The van der Waals surface area contributed by atoms with E-state index in [-0.39, 0.29) is 0 Å². The fourth-order valence-corrected chi connectivity index (χ4v) is 2.86. The van der Waals surface area contributed by atoms with Gasteiger partial charge in [0.25, 0.3) is 0 Å². The van der Waals surface area contributed by atoms with E-state index in [9.17, 15) is 22.7 Å². The Labute approximate surface area is 190 Å². The van der Waals surface area contributed by atoms with Gasteiger partial charge in [0.05, 0.1) is 28.4 Å². The van der Waals surface area contributed by atoms with Crippen LogP contribution in [-0.2, 0) is 4.79 Å². The molecule has 4 N–H and O–H groups in total. The number of carboxylic acid groups (broad SMARTS) is 1. The molecular weight excluding hydrogens is 475 g/mol. The van der Waals surface area contributed by atoms with Gasteiger partial charge in [-0.25, -0.2) is 9.18 Å². The SMILES string of the molecule is N[C@H](c1ccc(Cl)c(Cl)c1)[C@@H](O)c1ccc(-c2cncc(F)c2)cc1.O=C(O)C(F)(F)F. The Hall–Kier alpha value is -2.72. The van der Waals surface area contributed by atoms with Crippen LogP contribution in [0.15, 0.2) is 60.9 Å². The number of aliphatic carboxylic acids is 1. The van der Waals surface area contributed by atoms with Gasteiger partial charge in [-0.1, -0.05) is 53.5 Å². The van der Waals surface area contributed by atoms with Gasteiger partial charge in [-0.15, -0.1) is 0 Å². The second-order valence-electron chi connectivity index (χ2n) is 6.46. The first kappa shape index (κ1) is 25.5. The first-order valence-electron chi connectivity index (χ1n) is 8.79. The lowest BCUT2D eigenvalue weighted by Gasteiger charge is -2.20. The number of hydrogen-bond acceptors (Lipinski definition) is 4. The molecule has 2 atom stereocenters. The molecule has 0 saturated heterocycles. The molecule has 0 amide bonds. The maximum absolute atomic E-state index is 13.3. The quantitative estimate of drug-likeness (QED) is 0.416. The van der Waals surface area contributed by atoms with Crippen molar-refractivity contribution >= 4 is 29.2 Å². The fourth-order valence-electron chi connectivity index (χ4n) is 2.55. The number of aliphatic hydroxyl groups is 1. The minimum absolute atomic E-state index is 0.385. The van der Waals surface area contributed by atoms with Crippen molar-refractivity contribution in [3.05, 3.63) is 87.9 Å². The number of pyridine rings is 1. The van der Waals surface area contributed by atoms with Gasteiger partial charge < -0.3 is 15.9 Å². The summed E-state index contributed by atoms with van der Waals surface area (Å²) in [5, 5.41) is 18.5. The molecule has 11 heteroatoms. The number of aromatic nitrogens is 1. The normalized spacial score (nSPS) is 13.0. The van der Waals surface area contributed by atoms with Crippen molar-refractivity contribution in [2.45, 2.75) is 18.3 Å². The maximum Gasteiger partial charge on any atom is 0.490 e. The van der Waals surface area contributed by atoms with Crippen LogP contribution in [0.3, 0.4) is 0 Å². The van der Waals surface area contributed by atoms with E-state index < -0.39 is 30.1 Å². The number of carbonyl (C=O) groups is 1. The summed E-state index contributed by atoms with van der Waals surface area (Å²) >= 11 is 11.9. The van der Waals surface area contributed by atoms with Gasteiger partial charge in [0.15, 0.2) is 0 Å². The molecule has 0 aliphatic carbocycles. The molecule has 0 fully saturated rings. The van der Waals surface area contributed by atoms with Crippen LogP contribution in [-0.4, -0.2) is 27.3 Å². The van der Waals surface area contributed by atoms with Crippen LogP contribution in [0, 0.1) is 5.82 Å². The Balaban J connectivity index is 0.000000451. The van der Waals surface area contributed by atoms with Crippen molar-refractivity contribution in [1.82, 2.24) is 4.98 Å². The zero-order valence-corrected chi connectivity index (χ0v) is 17.5. The van der Waals surface area contributed by atoms with Gasteiger partial charge in [0.1, 0.15) is 5.82 Å². The topological polar surface area (TPSA) is 96.4 Å². The molecule has 1 aromatic heterocycles. The smallest absolute Gasteiger partial charge is 0.475 e. The first-order valence-corrected chi connectivity index (χ1v) is 9.55. The van der Waals surface area contributed by atoms with Crippen molar-refractivity contribution in [2.24, 2.45) is 5.73 Å². The summed E-state index contributed by atoms with van der Waals surface area (Å²) in [4.78, 5) is 12.7. The lowest BCUT2D eigenvalue weighted by Crippen LogP contribution is -2.21. The highest BCUT2D eigenvalue weighted by Gasteiger charge is 2.38. The molecule has 170 valence electrons. The molecular formula is C21H16Cl2F4N2O3. The monoisotopic (exact) mass is 490 g/mol. The molecule has 2 aromatic carbocycles. The molecule has 0 bridgehead atoms. The second kappa shape index (κ2) is 10.7. The van der Waals surface area contributed by atoms with Gasteiger partial charge in [0.2, 0.25) is 0 Å². The minimum Gasteiger partial charge on any atom is -0.475 e. The van der Waals surface area contributed by atoms with Crippen LogP contribution < -0.4 is 5.73 Å². The van der Waals surface area contributed by atoms with Gasteiger partial charge in [-0.2, -0.15) is 13.2 Å². The molecule has 0 unspecified atom stereocenters. The van der Waals surface area contributed by atoms with E-state index in [1.54, 1.807) is 48.7 Å². The number of rotatable bonds is 4. The van der Waals surface area contributed by atoms with E-state index in [1.807, 2.05) is 0 Å². The Morgan fingerprint density at radius 3 is 2.00 bits per heavy atom. The number of carboxylic acids is 1. The fraction of sp³-hybridized carbons (Fsp3) is 0.143. The van der Waals surface area contributed by atoms with Gasteiger partial charge >= 0.3 is 12.1 Å². The molecule has 0 radical (unpaired) electrons. The highest BCUT2D eigenvalue weighted by atomic mass is 35.5. The van der Waals surface area contributed by atoms with Crippen LogP contribution in [0.2, 0.25) is 10.0 Å². The number of halogens is 6. The van der Waals surface area contributed by atoms with Crippen molar-refractivity contribution < 1.29 is 32.6 Å². The first-order chi connectivity index (χ1) is 14.9. The number of alkyl halides is 3. The number of aliphatic hydroxyl groups excluding tert-OH is 1. The van der Waals surface area contributed by atoms with E-state index in [4.69, 9.17) is 38.8 Å². The second-order valence-corrected chi connectivity index (χ2v) is 7.28. The Kier molecular flexibility index (Phi) is 8.57. The summed E-state index contributed by atoms with van der Waals surface area (Å²) in [6.07, 6.45) is -3.27. The summed E-state index contributed by atoms with van der Waals surface area (Å²) in [5.41, 5.74) is 8.93. The van der Waals surface area contributed by atoms with E-state index in [2.05, 4.69) is 4.98 Å². The predicted molar refractivity (Wildman–Crippen MR) is 112 cm³/mol. The van der Waals surface area contributed by atoms with E-state index >= 15 is 0 Å². The summed E-state index contributed by atoms with van der Waals surface area (Å²) in [6, 6.07) is 12.8. The number of nitrogens with two attached hydrogens (primary N) is 1. The van der Waals surface area contributed by atoms with Gasteiger partial charge in [-0.3, -0.25) is 4.98 Å². The molecule has 0 aliphatic rings. The molecule has 32 heavy (non-hydrogen) atoms. The summed E-state index contributed by atoms with van der Waals surface area (Å²) in [6.45, 7) is 0. The number of nitrogens with zero attached hydrogens (tertiary/aromatic N) is 1. The van der Waals surface area contributed by atoms with Crippen molar-refractivity contribution in [3.8, 4) is 11.1 Å². The molecule has 0 aliphatic heterocycles. The zero-order valence-electron chi connectivity index (χ0n) is 16.0. The maximum atomic E-state index is 13.3. The van der Waals surface area contributed by atoms with E-state index in [1.165, 1.54) is 6.07 Å². The Morgan fingerprint density at radius 2 is 1.50 bits per heavy atom. The van der Waals surface area contributed by atoms with Crippen molar-refractivity contribution in [1.29, 1.82) is 0 Å². The highest BCUT2D eigenvalue weighted by molar-refractivity contribution is 6.42. The molecule has 5 nitrogen and oxygen atoms in total. The van der Waals surface area contributed by atoms with Crippen LogP contribution in [0.25, 0.3) is 11.1 Å². The predicted octanol–water partition coefficient (Wildman–Crippen LogP) is 5.56. The molecule has 1 heterocycles. The van der Waals surface area contributed by atoms with E-state index in [0.717, 1.165) is 11.8 Å². The van der Waals surface area contributed by atoms with Gasteiger partial charge in [0, 0.05) is 11.8 Å². The van der Waals surface area contributed by atoms with Crippen molar-refractivity contribution in [2.75, 3.05) is 0 Å². The average Bonchev–Trinajstić information content (AvgIpc) is 2.74. The highest BCUT2D eigenvalue weighted by Crippen LogP contribution is 2.32. The average molecular weight is 491 g/mol. The third-order valence-electron chi connectivity index (χ3n) is 4.20. The van der Waals surface area contributed by atoms with Crippen LogP contribution in [0.4, 0.5) is 17.6 Å². The zero-order chi connectivity index (χ0) is 24.1. The Bertz CT molecular complexity index is 1080. The third kappa shape index (κ3) is 6.89. The minimum atomic E-state index is -5.08. The van der Waals surface area contributed by atoms with Crippen LogP contribution in [0.5, 0.6) is 0 Å². The standard InChI is InChI=1S/C19H15Cl2FN2O.C2HF3O2/c20-16-6-5-13(8-17(16)21)18(23)19(25)12-3-1-11(2-4-12)14-7-15(22)10-24-9-14;3-2(4,5)1(6)7/h1-10,18-19,25H,23H2;(H,6,7)/t18-,19+;/m1./s1. The molecule has 0 saturated carbocycles. The number of benzene rings is 2. The Morgan fingerprint density at radius 1 is 0.938 bits per heavy atom. The van der Waals surface area contributed by atoms with Crippen molar-refractivity contribution in [3.63, 3.8) is 0 Å². The molecule has 3 aromatic rings. The number of hydrogen-bond donors (Lipinski definition) is 3. The largest absolute Gasteiger partial charge is 0.490 e. The van der Waals surface area contributed by atoms with Gasteiger partial charge in [-0.05, 0) is 34.9 Å². The lowest BCUT2D eigenvalue weighted by atomic mass is 9.95. The molecule has 0 spiro atoms. The van der Waals surface area contributed by atoms with E-state index in [0.29, 0.717) is 26.7 Å². The van der Waals surface area contributed by atoms with Crippen LogP contribution >= 0.6 is 23.2 Å². The van der Waals surface area contributed by atoms with Crippen LogP contribution in [0.1, 0.15) is 23.3 Å². The molecule has 3 rings (SSSR count). The summed E-state index contributed by atoms with van der Waals surface area (Å²) in [5.74, 6) is -3.16.